The number of ether oxygens (including phenoxy) is 1. The molecule has 6 heteroatoms. The number of anilines is 2. The van der Waals surface area contributed by atoms with Crippen LogP contribution in [0.25, 0.3) is 0 Å². The number of furan rings is 1. The van der Waals surface area contributed by atoms with Crippen LogP contribution in [0.3, 0.4) is 0 Å². The van der Waals surface area contributed by atoms with Crippen LogP contribution < -0.4 is 9.80 Å². The first-order valence-corrected chi connectivity index (χ1v) is 11.7. The average Bonchev–Trinajstić information content (AvgIpc) is 3.44. The van der Waals surface area contributed by atoms with Crippen LogP contribution in [0, 0.1) is 0 Å². The highest BCUT2D eigenvalue weighted by atomic mass is 16.5. The third-order valence-electron chi connectivity index (χ3n) is 6.72. The first kappa shape index (κ1) is 21.6. The zero-order valence-electron chi connectivity index (χ0n) is 19.4. The summed E-state index contributed by atoms with van der Waals surface area (Å²) in [6, 6.07) is 19.1. The van der Waals surface area contributed by atoms with Gasteiger partial charge in [-0.15, -0.1) is 0 Å². The van der Waals surface area contributed by atoms with Crippen molar-refractivity contribution in [3.05, 3.63) is 83.3 Å². The van der Waals surface area contributed by atoms with Crippen molar-refractivity contribution in [2.24, 2.45) is 0 Å². The summed E-state index contributed by atoms with van der Waals surface area (Å²) in [5.41, 5.74) is 5.53. The molecule has 0 saturated carbocycles. The van der Waals surface area contributed by atoms with Gasteiger partial charge in [0, 0.05) is 44.1 Å². The number of para-hydroxylation sites is 1. The zero-order valence-corrected chi connectivity index (χ0v) is 19.4. The van der Waals surface area contributed by atoms with E-state index >= 15 is 0 Å². The van der Waals surface area contributed by atoms with Crippen LogP contribution in [0.5, 0.6) is 0 Å². The van der Waals surface area contributed by atoms with Gasteiger partial charge in [0.05, 0.1) is 31.6 Å². The summed E-state index contributed by atoms with van der Waals surface area (Å²) in [5, 5.41) is 0. The Bertz CT molecular complexity index is 1100. The highest BCUT2D eigenvalue weighted by Gasteiger charge is 2.28. The third-order valence-corrected chi connectivity index (χ3v) is 6.72. The number of morpholine rings is 1. The van der Waals surface area contributed by atoms with Gasteiger partial charge in [0.25, 0.3) is 5.91 Å². The van der Waals surface area contributed by atoms with Gasteiger partial charge in [-0.25, -0.2) is 0 Å². The second-order valence-electron chi connectivity index (χ2n) is 8.99. The minimum atomic E-state index is -0.0175. The predicted molar refractivity (Wildman–Crippen MR) is 130 cm³/mol. The Morgan fingerprint density at radius 3 is 2.61 bits per heavy atom. The first-order valence-electron chi connectivity index (χ1n) is 11.7. The molecular weight excluding hydrogens is 414 g/mol. The van der Waals surface area contributed by atoms with Gasteiger partial charge in [0.15, 0.2) is 0 Å². The fourth-order valence-corrected chi connectivity index (χ4v) is 4.86. The molecule has 0 radical (unpaired) electrons. The van der Waals surface area contributed by atoms with E-state index in [9.17, 15) is 4.79 Å². The number of benzene rings is 2. The number of nitrogens with zero attached hydrogens (tertiary/aromatic N) is 3. The molecule has 3 aromatic rings. The second kappa shape index (κ2) is 9.32. The van der Waals surface area contributed by atoms with Gasteiger partial charge in [0.2, 0.25) is 0 Å². The maximum Gasteiger partial charge on any atom is 0.257 e. The normalized spacial score (nSPS) is 17.8. The number of rotatable bonds is 6. The summed E-state index contributed by atoms with van der Waals surface area (Å²) in [4.78, 5) is 19.7. The highest BCUT2D eigenvalue weighted by Crippen LogP contribution is 2.33. The van der Waals surface area contributed by atoms with Crippen molar-refractivity contribution < 1.29 is 13.9 Å². The molecule has 0 N–H and O–H groups in total. The number of carbonyl (C=O) groups is 1. The Kier molecular flexibility index (Phi) is 6.09. The van der Waals surface area contributed by atoms with E-state index in [0.717, 1.165) is 44.0 Å². The van der Waals surface area contributed by atoms with Crippen LogP contribution in [-0.2, 0) is 24.2 Å². The zero-order chi connectivity index (χ0) is 22.8. The van der Waals surface area contributed by atoms with Crippen LogP contribution in [0.2, 0.25) is 0 Å². The number of fused-ring (bicyclic) bond motifs is 1. The van der Waals surface area contributed by atoms with Gasteiger partial charge in [-0.3, -0.25) is 4.79 Å². The molecule has 0 bridgehead atoms. The molecule has 3 heterocycles. The molecule has 1 fully saturated rings. The summed E-state index contributed by atoms with van der Waals surface area (Å²) < 4.78 is 11.2. The molecule has 172 valence electrons. The second-order valence-corrected chi connectivity index (χ2v) is 8.99. The van der Waals surface area contributed by atoms with Crippen LogP contribution in [-0.4, -0.2) is 50.2 Å². The van der Waals surface area contributed by atoms with Gasteiger partial charge in [-0.1, -0.05) is 30.3 Å². The van der Waals surface area contributed by atoms with E-state index in [1.165, 1.54) is 16.9 Å². The lowest BCUT2D eigenvalue weighted by atomic mass is 10.1. The van der Waals surface area contributed by atoms with Crippen LogP contribution in [0.1, 0.15) is 34.2 Å². The Hall–Kier alpha value is -3.25. The van der Waals surface area contributed by atoms with Gasteiger partial charge >= 0.3 is 0 Å². The Labute approximate surface area is 195 Å². The maximum absolute atomic E-state index is 13.3. The monoisotopic (exact) mass is 445 g/mol. The number of hydrogen-bond donors (Lipinski definition) is 0. The molecule has 6 nitrogen and oxygen atoms in total. The van der Waals surface area contributed by atoms with Crippen molar-refractivity contribution in [3.8, 4) is 0 Å². The smallest absolute Gasteiger partial charge is 0.257 e. The molecule has 1 unspecified atom stereocenters. The first-order chi connectivity index (χ1) is 16.1. The van der Waals surface area contributed by atoms with Crippen molar-refractivity contribution in [1.29, 1.82) is 0 Å². The predicted octanol–water partition coefficient (Wildman–Crippen LogP) is 4.34. The molecule has 0 aliphatic carbocycles. The van der Waals surface area contributed by atoms with Crippen molar-refractivity contribution in [2.75, 3.05) is 43.2 Å². The van der Waals surface area contributed by atoms with E-state index in [1.807, 2.05) is 7.05 Å². The minimum absolute atomic E-state index is 0.0175. The Morgan fingerprint density at radius 2 is 1.82 bits per heavy atom. The van der Waals surface area contributed by atoms with Crippen molar-refractivity contribution in [2.45, 2.75) is 32.5 Å². The topological polar surface area (TPSA) is 49.2 Å². The summed E-state index contributed by atoms with van der Waals surface area (Å²) in [5.74, 6) is 0.703. The van der Waals surface area contributed by atoms with E-state index < -0.39 is 0 Å². The van der Waals surface area contributed by atoms with Crippen LogP contribution in [0.4, 0.5) is 11.4 Å². The largest absolute Gasteiger partial charge is 0.467 e. The summed E-state index contributed by atoms with van der Waals surface area (Å²) in [6.45, 7) is 6.74. The number of amides is 1. The summed E-state index contributed by atoms with van der Waals surface area (Å²) >= 11 is 0. The van der Waals surface area contributed by atoms with Gasteiger partial charge in [-0.2, -0.15) is 0 Å². The van der Waals surface area contributed by atoms with Crippen LogP contribution in [0.15, 0.2) is 65.3 Å². The third kappa shape index (κ3) is 4.48. The van der Waals surface area contributed by atoms with Gasteiger partial charge < -0.3 is 23.9 Å². The molecule has 1 amide bonds. The quantitative estimate of drug-likeness (QED) is 0.565. The van der Waals surface area contributed by atoms with E-state index in [-0.39, 0.29) is 5.91 Å². The van der Waals surface area contributed by atoms with Gasteiger partial charge in [0.1, 0.15) is 5.76 Å². The molecule has 1 saturated heterocycles. The Morgan fingerprint density at radius 1 is 1.06 bits per heavy atom. The fraction of sp³-hybridized carbons (Fsp3) is 0.370. The van der Waals surface area contributed by atoms with Crippen LogP contribution >= 0.6 is 0 Å². The van der Waals surface area contributed by atoms with E-state index in [1.54, 1.807) is 17.2 Å². The number of carbonyl (C=O) groups excluding carboxylic acids is 1. The summed E-state index contributed by atoms with van der Waals surface area (Å²) in [6.07, 6.45) is 2.64. The fourth-order valence-electron chi connectivity index (χ4n) is 4.86. The molecule has 1 aromatic heterocycles. The SMILES string of the molecule is CC1Cc2ccccc2N1Cc1occc1C(=O)N(C)Cc1ccc(N2CCOCC2)cc1. The van der Waals surface area contributed by atoms with Crippen molar-refractivity contribution in [3.63, 3.8) is 0 Å². The molecule has 5 rings (SSSR count). The molecule has 1 atom stereocenters. The molecule has 0 spiro atoms. The van der Waals surface area contributed by atoms with E-state index in [0.29, 0.717) is 24.7 Å². The lowest BCUT2D eigenvalue weighted by Gasteiger charge is -2.29. The lowest BCUT2D eigenvalue weighted by molar-refractivity contribution is 0.0782. The average molecular weight is 446 g/mol. The Balaban J connectivity index is 1.25. The molecule has 2 aliphatic heterocycles. The van der Waals surface area contributed by atoms with Gasteiger partial charge in [-0.05, 0) is 48.7 Å². The molecule has 33 heavy (non-hydrogen) atoms. The standard InChI is InChI=1S/C27H31N3O3/c1-20-17-22-5-3-4-6-25(22)30(20)19-26-24(11-14-33-26)27(31)28(2)18-21-7-9-23(10-8-21)29-12-15-32-16-13-29/h3-11,14,20H,12-13,15-19H2,1-2H3. The highest BCUT2D eigenvalue weighted by molar-refractivity contribution is 5.95. The van der Waals surface area contributed by atoms with Crippen molar-refractivity contribution >= 4 is 17.3 Å². The molecule has 2 aliphatic rings. The molecular formula is C27H31N3O3. The number of hydrogen-bond acceptors (Lipinski definition) is 5. The minimum Gasteiger partial charge on any atom is -0.467 e. The van der Waals surface area contributed by atoms with E-state index in [2.05, 4.69) is 65.3 Å². The molecule has 2 aromatic carbocycles. The summed E-state index contributed by atoms with van der Waals surface area (Å²) in [7, 11) is 1.85. The maximum atomic E-state index is 13.3. The lowest BCUT2D eigenvalue weighted by Crippen LogP contribution is -2.36. The van der Waals surface area contributed by atoms with E-state index in [4.69, 9.17) is 9.15 Å². The van der Waals surface area contributed by atoms with Crippen molar-refractivity contribution in [1.82, 2.24) is 4.90 Å².